The van der Waals surface area contributed by atoms with Gasteiger partial charge in [-0.2, -0.15) is 0 Å². The molecule has 0 aliphatic carbocycles. The molecule has 0 fully saturated rings. The number of halogens is 1. The third kappa shape index (κ3) is 5.21. The van der Waals surface area contributed by atoms with Gasteiger partial charge in [-0.15, -0.1) is 0 Å². The number of aliphatic hydroxyl groups is 1. The molecule has 3 unspecified atom stereocenters. The Morgan fingerprint density at radius 1 is 1.09 bits per heavy atom. The molecule has 3 N–H and O–H groups in total. The number of hydrogen-bond donors (Lipinski definition) is 2. The minimum atomic E-state index is -0.836. The lowest BCUT2D eigenvalue weighted by Gasteiger charge is -2.30. The van der Waals surface area contributed by atoms with Crippen LogP contribution < -0.4 is 5.73 Å². The van der Waals surface area contributed by atoms with Crippen molar-refractivity contribution in [3.05, 3.63) is 71.8 Å². The summed E-state index contributed by atoms with van der Waals surface area (Å²) in [6.07, 6.45) is -1.44. The number of carbonyl (C=O) groups excluding carboxylic acids is 1. The first-order valence-corrected chi connectivity index (χ1v) is 8.93. The number of hydrogen-bond acceptors (Lipinski definition) is 3. The van der Waals surface area contributed by atoms with Crippen LogP contribution in [0.5, 0.6) is 0 Å². The Hall–Kier alpha value is -1.60. The van der Waals surface area contributed by atoms with E-state index >= 15 is 0 Å². The third-order valence-electron chi connectivity index (χ3n) is 3.73. The van der Waals surface area contributed by atoms with Crippen LogP contribution in [0.2, 0.25) is 0 Å². The van der Waals surface area contributed by atoms with Crippen molar-refractivity contribution in [3.8, 4) is 0 Å². The van der Waals surface area contributed by atoms with Crippen molar-refractivity contribution in [2.45, 2.75) is 18.6 Å². The van der Waals surface area contributed by atoms with Crippen LogP contribution in [-0.2, 0) is 11.2 Å². The fourth-order valence-corrected chi connectivity index (χ4v) is 3.27. The van der Waals surface area contributed by atoms with Crippen molar-refractivity contribution in [3.63, 3.8) is 0 Å². The number of carbonyl (C=O) groups is 1. The molecule has 2 rings (SSSR count). The van der Waals surface area contributed by atoms with Gasteiger partial charge in [0.05, 0.1) is 6.10 Å². The van der Waals surface area contributed by atoms with E-state index in [1.54, 1.807) is 0 Å². The normalized spacial score (nSPS) is 14.7. The Balaban J connectivity index is 2.33. The molecule has 0 aliphatic heterocycles. The maximum Gasteiger partial charge on any atom is 0.405 e. The van der Waals surface area contributed by atoms with Crippen LogP contribution >= 0.6 is 22.6 Å². The molecule has 2 aromatic rings. The summed E-state index contributed by atoms with van der Waals surface area (Å²) in [6.45, 7) is 0. The fourth-order valence-electron chi connectivity index (χ4n) is 2.62. The van der Waals surface area contributed by atoms with E-state index in [0.29, 0.717) is 10.8 Å². The summed E-state index contributed by atoms with van der Waals surface area (Å²) < 4.78 is 5.91. The summed E-state index contributed by atoms with van der Waals surface area (Å²) in [5, 5.41) is 10.5. The summed E-state index contributed by atoms with van der Waals surface area (Å²) in [5.74, 6) is -0.274. The number of benzene rings is 2. The van der Waals surface area contributed by atoms with Crippen LogP contribution in [0.4, 0.5) is 4.79 Å². The second-order valence-electron chi connectivity index (χ2n) is 5.34. The summed E-state index contributed by atoms with van der Waals surface area (Å²) in [5.41, 5.74) is 7.17. The van der Waals surface area contributed by atoms with Gasteiger partial charge in [0.15, 0.2) is 0 Å². The van der Waals surface area contributed by atoms with Gasteiger partial charge in [-0.3, -0.25) is 0 Å². The second kappa shape index (κ2) is 8.88. The molecule has 0 saturated heterocycles. The monoisotopic (exact) mass is 425 g/mol. The van der Waals surface area contributed by atoms with Gasteiger partial charge in [0.2, 0.25) is 0 Å². The molecule has 0 bridgehead atoms. The lowest BCUT2D eigenvalue weighted by atomic mass is 9.86. The smallest absolute Gasteiger partial charge is 0.405 e. The molecule has 122 valence electrons. The van der Waals surface area contributed by atoms with E-state index in [2.05, 4.69) is 22.6 Å². The molecular formula is C18H20INO3. The lowest BCUT2D eigenvalue weighted by molar-refractivity contribution is 0.0116. The molecule has 23 heavy (non-hydrogen) atoms. The minimum absolute atomic E-state index is 0.274. The molecule has 4 nitrogen and oxygen atoms in total. The zero-order valence-corrected chi connectivity index (χ0v) is 14.8. The van der Waals surface area contributed by atoms with Crippen LogP contribution in [-0.4, -0.2) is 21.7 Å². The molecule has 2 aromatic carbocycles. The number of ether oxygens (including phenoxy) is 1. The predicted molar refractivity (Wildman–Crippen MR) is 98.4 cm³/mol. The number of alkyl halides is 1. The van der Waals surface area contributed by atoms with Crippen LogP contribution in [0, 0.1) is 5.92 Å². The quantitative estimate of drug-likeness (QED) is 0.527. The number of aliphatic hydroxyl groups excluding tert-OH is 1. The van der Waals surface area contributed by atoms with Gasteiger partial charge in [0.25, 0.3) is 0 Å². The second-order valence-corrected chi connectivity index (χ2v) is 6.22. The first kappa shape index (κ1) is 17.7. The van der Waals surface area contributed by atoms with E-state index in [-0.39, 0.29) is 5.92 Å². The summed E-state index contributed by atoms with van der Waals surface area (Å²) in [6, 6.07) is 19.3. The van der Waals surface area contributed by atoms with Crippen molar-refractivity contribution < 1.29 is 14.6 Å². The average molecular weight is 425 g/mol. The van der Waals surface area contributed by atoms with Gasteiger partial charge in [0.1, 0.15) is 6.10 Å². The largest absolute Gasteiger partial charge is 0.441 e. The molecule has 5 heteroatoms. The van der Waals surface area contributed by atoms with Crippen LogP contribution in [0.1, 0.15) is 17.2 Å². The highest BCUT2D eigenvalue weighted by Gasteiger charge is 2.32. The topological polar surface area (TPSA) is 72.6 Å². The number of primary amides is 1. The molecule has 0 spiro atoms. The zero-order chi connectivity index (χ0) is 16.7. The van der Waals surface area contributed by atoms with Gasteiger partial charge in [-0.05, 0) is 17.5 Å². The van der Waals surface area contributed by atoms with Crippen molar-refractivity contribution >= 4 is 28.7 Å². The SMILES string of the molecule is NC(=O)OC(c1ccccc1)C(Cc1ccccc1)C(O)CI. The van der Waals surface area contributed by atoms with Crippen molar-refractivity contribution in [2.24, 2.45) is 11.7 Å². The number of amides is 1. The van der Waals surface area contributed by atoms with E-state index in [4.69, 9.17) is 10.5 Å². The maximum atomic E-state index is 11.4. The molecule has 1 amide bonds. The van der Waals surface area contributed by atoms with E-state index in [9.17, 15) is 9.90 Å². The standard InChI is InChI=1S/C18H20INO3/c19-12-16(21)15(11-13-7-3-1-4-8-13)17(23-18(20)22)14-9-5-2-6-10-14/h1-10,15-17,21H,11-12H2,(H2,20,22). The average Bonchev–Trinajstić information content (AvgIpc) is 2.58. The predicted octanol–water partition coefficient (Wildman–Crippen LogP) is 3.48. The first-order valence-electron chi connectivity index (χ1n) is 7.40. The zero-order valence-electron chi connectivity index (χ0n) is 12.6. The van der Waals surface area contributed by atoms with Gasteiger partial charge in [-0.25, -0.2) is 4.79 Å². The Kier molecular flexibility index (Phi) is 6.85. The molecule has 0 aromatic heterocycles. The summed E-state index contributed by atoms with van der Waals surface area (Å²) >= 11 is 2.14. The molecule has 0 aliphatic rings. The molecule has 3 atom stereocenters. The maximum absolute atomic E-state index is 11.4. The molecule has 0 radical (unpaired) electrons. The van der Waals surface area contributed by atoms with Crippen molar-refractivity contribution in [2.75, 3.05) is 4.43 Å². The highest BCUT2D eigenvalue weighted by atomic mass is 127. The Labute approximate surface area is 149 Å². The lowest BCUT2D eigenvalue weighted by Crippen LogP contribution is -2.33. The summed E-state index contributed by atoms with van der Waals surface area (Å²) in [4.78, 5) is 11.4. The van der Waals surface area contributed by atoms with Gasteiger partial charge in [0, 0.05) is 10.3 Å². The highest BCUT2D eigenvalue weighted by Crippen LogP contribution is 2.32. The highest BCUT2D eigenvalue weighted by molar-refractivity contribution is 14.1. The van der Waals surface area contributed by atoms with E-state index in [1.165, 1.54) is 0 Å². The minimum Gasteiger partial charge on any atom is -0.441 e. The molecule has 0 saturated carbocycles. The Morgan fingerprint density at radius 3 is 2.17 bits per heavy atom. The first-order chi connectivity index (χ1) is 11.1. The number of rotatable bonds is 7. The van der Waals surface area contributed by atoms with Crippen LogP contribution in [0.3, 0.4) is 0 Å². The van der Waals surface area contributed by atoms with E-state index in [1.807, 2.05) is 60.7 Å². The fraction of sp³-hybridized carbons (Fsp3) is 0.278. The third-order valence-corrected chi connectivity index (χ3v) is 4.63. The van der Waals surface area contributed by atoms with Crippen LogP contribution in [0.15, 0.2) is 60.7 Å². The van der Waals surface area contributed by atoms with E-state index in [0.717, 1.165) is 11.1 Å². The van der Waals surface area contributed by atoms with Crippen LogP contribution in [0.25, 0.3) is 0 Å². The molecular weight excluding hydrogens is 405 g/mol. The number of nitrogens with two attached hydrogens (primary N) is 1. The van der Waals surface area contributed by atoms with Gasteiger partial charge < -0.3 is 15.6 Å². The molecule has 0 heterocycles. The van der Waals surface area contributed by atoms with Gasteiger partial charge >= 0.3 is 6.09 Å². The van der Waals surface area contributed by atoms with E-state index < -0.39 is 18.3 Å². The Bertz CT molecular complexity index is 606. The Morgan fingerprint density at radius 2 is 1.65 bits per heavy atom. The summed E-state index contributed by atoms with van der Waals surface area (Å²) in [7, 11) is 0. The van der Waals surface area contributed by atoms with Gasteiger partial charge in [-0.1, -0.05) is 83.3 Å². The van der Waals surface area contributed by atoms with Crippen molar-refractivity contribution in [1.29, 1.82) is 0 Å². The van der Waals surface area contributed by atoms with Crippen molar-refractivity contribution in [1.82, 2.24) is 0 Å².